The summed E-state index contributed by atoms with van der Waals surface area (Å²) in [7, 11) is 6.58. The summed E-state index contributed by atoms with van der Waals surface area (Å²) in [5.41, 5.74) is 0. The maximum absolute atomic E-state index is 2.32. The number of quaternary nitrogens is 1. The SMILES string of the molecule is CCCCCCCCC=C[N+](C)(C)C. The molecule has 0 fully saturated rings. The van der Waals surface area contributed by atoms with Gasteiger partial charge in [0.05, 0.1) is 27.3 Å². The van der Waals surface area contributed by atoms with Crippen molar-refractivity contribution in [1.82, 2.24) is 0 Å². The van der Waals surface area contributed by atoms with Crippen LogP contribution in [0.15, 0.2) is 12.3 Å². The van der Waals surface area contributed by atoms with Gasteiger partial charge in [0.2, 0.25) is 0 Å². The monoisotopic (exact) mass is 198 g/mol. The van der Waals surface area contributed by atoms with Crippen LogP contribution in [0.25, 0.3) is 0 Å². The minimum absolute atomic E-state index is 0.940. The lowest BCUT2D eigenvalue weighted by atomic mass is 10.1. The molecular formula is C13H28N+. The van der Waals surface area contributed by atoms with Gasteiger partial charge in [-0.1, -0.05) is 39.0 Å². The van der Waals surface area contributed by atoms with E-state index < -0.39 is 0 Å². The third kappa shape index (κ3) is 11.7. The standard InChI is InChI=1S/C13H28N/c1-5-6-7-8-9-10-11-12-13-14(2,3)4/h12-13H,5-11H2,1-4H3/q+1. The van der Waals surface area contributed by atoms with E-state index in [0.29, 0.717) is 0 Å². The van der Waals surface area contributed by atoms with Gasteiger partial charge in [-0.15, -0.1) is 0 Å². The molecule has 0 spiro atoms. The van der Waals surface area contributed by atoms with E-state index in [9.17, 15) is 0 Å². The summed E-state index contributed by atoms with van der Waals surface area (Å²) >= 11 is 0. The van der Waals surface area contributed by atoms with E-state index >= 15 is 0 Å². The zero-order valence-electron chi connectivity index (χ0n) is 10.6. The molecule has 0 aromatic rings. The number of hydrogen-bond acceptors (Lipinski definition) is 0. The fourth-order valence-electron chi connectivity index (χ4n) is 1.43. The second kappa shape index (κ2) is 8.05. The summed E-state index contributed by atoms with van der Waals surface area (Å²) in [6.07, 6.45) is 14.2. The lowest BCUT2D eigenvalue weighted by molar-refractivity contribution is -0.817. The largest absolute Gasteiger partial charge is 0.305 e. The van der Waals surface area contributed by atoms with E-state index in [1.807, 2.05) is 0 Å². The van der Waals surface area contributed by atoms with Crippen LogP contribution in [0, 0.1) is 0 Å². The van der Waals surface area contributed by atoms with Gasteiger partial charge in [0.1, 0.15) is 0 Å². The number of hydrogen-bond donors (Lipinski definition) is 0. The molecule has 0 aliphatic heterocycles. The molecule has 0 unspecified atom stereocenters. The quantitative estimate of drug-likeness (QED) is 0.409. The van der Waals surface area contributed by atoms with E-state index in [2.05, 4.69) is 40.3 Å². The van der Waals surface area contributed by atoms with Gasteiger partial charge in [-0.3, -0.25) is 0 Å². The Hall–Kier alpha value is -0.300. The van der Waals surface area contributed by atoms with Crippen molar-refractivity contribution < 1.29 is 4.48 Å². The molecule has 0 saturated heterocycles. The number of allylic oxidation sites excluding steroid dienone is 1. The van der Waals surface area contributed by atoms with Crippen molar-refractivity contribution in [3.8, 4) is 0 Å². The first-order valence-corrected chi connectivity index (χ1v) is 6.05. The van der Waals surface area contributed by atoms with Gasteiger partial charge in [-0.2, -0.15) is 0 Å². The van der Waals surface area contributed by atoms with Crippen LogP contribution >= 0.6 is 0 Å². The zero-order valence-corrected chi connectivity index (χ0v) is 10.6. The topological polar surface area (TPSA) is 0 Å². The molecule has 0 radical (unpaired) electrons. The molecule has 1 nitrogen and oxygen atoms in total. The van der Waals surface area contributed by atoms with Crippen LogP contribution < -0.4 is 0 Å². The molecule has 84 valence electrons. The van der Waals surface area contributed by atoms with Crippen LogP contribution in [0.2, 0.25) is 0 Å². The van der Waals surface area contributed by atoms with Crippen LogP contribution in [0.4, 0.5) is 0 Å². The Kier molecular flexibility index (Phi) is 7.87. The van der Waals surface area contributed by atoms with Crippen molar-refractivity contribution >= 4 is 0 Å². The van der Waals surface area contributed by atoms with Crippen LogP contribution in [-0.4, -0.2) is 25.6 Å². The lowest BCUT2D eigenvalue weighted by Gasteiger charge is -2.17. The third-order valence-corrected chi connectivity index (χ3v) is 2.28. The number of rotatable bonds is 8. The van der Waals surface area contributed by atoms with Gasteiger partial charge >= 0.3 is 0 Å². The van der Waals surface area contributed by atoms with Crippen molar-refractivity contribution in [2.45, 2.75) is 51.9 Å². The van der Waals surface area contributed by atoms with Crippen molar-refractivity contribution in [2.24, 2.45) is 0 Å². The Morgan fingerprint density at radius 2 is 1.43 bits per heavy atom. The Morgan fingerprint density at radius 3 is 2.00 bits per heavy atom. The van der Waals surface area contributed by atoms with E-state index in [-0.39, 0.29) is 0 Å². The molecule has 1 heteroatoms. The zero-order chi connectivity index (χ0) is 10.9. The van der Waals surface area contributed by atoms with E-state index in [0.717, 1.165) is 4.48 Å². The molecule has 0 aromatic heterocycles. The number of unbranched alkanes of at least 4 members (excludes halogenated alkanes) is 6. The molecule has 0 N–H and O–H groups in total. The first kappa shape index (κ1) is 13.7. The average molecular weight is 198 g/mol. The van der Waals surface area contributed by atoms with Crippen molar-refractivity contribution in [2.75, 3.05) is 21.1 Å². The Balaban J connectivity index is 3.17. The molecular weight excluding hydrogens is 170 g/mol. The van der Waals surface area contributed by atoms with E-state index in [1.54, 1.807) is 0 Å². The van der Waals surface area contributed by atoms with Gasteiger partial charge in [0.25, 0.3) is 0 Å². The summed E-state index contributed by atoms with van der Waals surface area (Å²) in [5, 5.41) is 0. The molecule has 0 amide bonds. The second-order valence-corrected chi connectivity index (χ2v) is 5.06. The lowest BCUT2D eigenvalue weighted by Crippen LogP contribution is -2.26. The molecule has 0 saturated carbocycles. The summed E-state index contributed by atoms with van der Waals surface area (Å²) in [6, 6.07) is 0. The van der Waals surface area contributed by atoms with Crippen LogP contribution in [-0.2, 0) is 0 Å². The molecule has 0 rings (SSSR count). The first-order valence-electron chi connectivity index (χ1n) is 6.05. The average Bonchev–Trinajstić information content (AvgIpc) is 2.08. The van der Waals surface area contributed by atoms with Crippen LogP contribution in [0.1, 0.15) is 51.9 Å². The predicted molar refractivity (Wildman–Crippen MR) is 65.2 cm³/mol. The van der Waals surface area contributed by atoms with Crippen molar-refractivity contribution in [3.63, 3.8) is 0 Å². The summed E-state index contributed by atoms with van der Waals surface area (Å²) in [4.78, 5) is 0. The molecule has 0 bridgehead atoms. The highest BCUT2D eigenvalue weighted by Crippen LogP contribution is 2.07. The summed E-state index contributed by atoms with van der Waals surface area (Å²) < 4.78 is 0.940. The molecule has 0 aromatic carbocycles. The third-order valence-electron chi connectivity index (χ3n) is 2.28. The summed E-state index contributed by atoms with van der Waals surface area (Å²) in [6.45, 7) is 2.27. The molecule has 0 heterocycles. The highest BCUT2D eigenvalue weighted by atomic mass is 15.3. The van der Waals surface area contributed by atoms with Gasteiger partial charge in [0, 0.05) is 0 Å². The molecule has 0 atom stereocenters. The Morgan fingerprint density at radius 1 is 0.857 bits per heavy atom. The minimum atomic E-state index is 0.940. The highest BCUT2D eigenvalue weighted by molar-refractivity contribution is 4.72. The number of nitrogens with zero attached hydrogens (tertiary/aromatic N) is 1. The molecule has 0 aliphatic carbocycles. The van der Waals surface area contributed by atoms with Gasteiger partial charge in [-0.25, -0.2) is 0 Å². The van der Waals surface area contributed by atoms with E-state index in [4.69, 9.17) is 0 Å². The smallest absolute Gasteiger partial charge is 0.0911 e. The maximum atomic E-state index is 2.32. The van der Waals surface area contributed by atoms with Crippen molar-refractivity contribution in [3.05, 3.63) is 12.3 Å². The normalized spacial score (nSPS) is 12.6. The van der Waals surface area contributed by atoms with Gasteiger partial charge in [0.15, 0.2) is 0 Å². The fourth-order valence-corrected chi connectivity index (χ4v) is 1.43. The second-order valence-electron chi connectivity index (χ2n) is 5.06. The van der Waals surface area contributed by atoms with Crippen LogP contribution in [0.3, 0.4) is 0 Å². The van der Waals surface area contributed by atoms with Crippen LogP contribution in [0.5, 0.6) is 0 Å². The molecule has 14 heavy (non-hydrogen) atoms. The predicted octanol–water partition coefficient (Wildman–Crippen LogP) is 3.96. The van der Waals surface area contributed by atoms with Gasteiger partial charge in [-0.05, 0) is 18.9 Å². The Bertz CT molecular complexity index is 142. The summed E-state index contributed by atoms with van der Waals surface area (Å²) in [5.74, 6) is 0. The maximum Gasteiger partial charge on any atom is 0.0911 e. The Labute approximate surface area is 90.4 Å². The highest BCUT2D eigenvalue weighted by Gasteiger charge is 1.98. The first-order chi connectivity index (χ1) is 6.56. The minimum Gasteiger partial charge on any atom is -0.305 e. The fraction of sp³-hybridized carbons (Fsp3) is 0.846. The molecule has 0 aliphatic rings. The van der Waals surface area contributed by atoms with Gasteiger partial charge < -0.3 is 4.48 Å². The van der Waals surface area contributed by atoms with E-state index in [1.165, 1.54) is 44.9 Å². The van der Waals surface area contributed by atoms with Crippen molar-refractivity contribution in [1.29, 1.82) is 0 Å².